The standard InChI is InChI=1S/C21H17.C21H23.2CH3.2ClH.H2Si.Zr/c1-14-12-20-15(2)10-11-19(21(20)13-14)18-9-5-7-16-6-3-4-8-17(16)18;1-13(2)18-11-17-7-6-8-20(21(17)12-18)19-10-9-14(3)15(4)16(19)5;;;;;;/h3-13H,1-2H3;6-13H,1-5H3;2*1H3;2*1H;1H2;. The molecule has 2 atom stereocenters. The SMILES string of the molecule is CC1=Cc2c(-c3cccc4ccccc34)ccc(C)c2[CH]1[Zr]([CH3])([CH3])(=[SiH2])[CH]1C(C(C)C)=Cc2c(-c3ccc(C)c(C)c3C)cccc21.Cl.Cl. The maximum absolute atomic E-state index is 3.74. The number of benzene rings is 5. The van der Waals surface area contributed by atoms with Crippen LogP contribution < -0.4 is 0 Å². The second-order valence-corrected chi connectivity index (χ2v) is 46.2. The van der Waals surface area contributed by atoms with Gasteiger partial charge in [-0.05, 0) is 0 Å². The van der Waals surface area contributed by atoms with Gasteiger partial charge in [0, 0.05) is 0 Å². The summed E-state index contributed by atoms with van der Waals surface area (Å²) in [5.41, 5.74) is 20.5. The van der Waals surface area contributed by atoms with Gasteiger partial charge in [-0.3, -0.25) is 0 Å². The van der Waals surface area contributed by atoms with Crippen LogP contribution >= 0.6 is 24.8 Å². The summed E-state index contributed by atoms with van der Waals surface area (Å²) in [5, 5.41) is 2.65. The van der Waals surface area contributed by atoms with E-state index in [4.69, 9.17) is 0 Å². The zero-order valence-electron chi connectivity index (χ0n) is 30.0. The van der Waals surface area contributed by atoms with Gasteiger partial charge in [0.15, 0.2) is 0 Å². The van der Waals surface area contributed by atoms with Crippen molar-refractivity contribution in [1.82, 2.24) is 0 Å². The third-order valence-corrected chi connectivity index (χ3v) is 29.3. The molecule has 0 saturated carbocycles. The molecule has 0 saturated heterocycles. The Morgan fingerprint density at radius 3 is 1.92 bits per heavy atom. The molecule has 0 N–H and O–H groups in total. The number of hydrogen-bond donors (Lipinski definition) is 0. The zero-order chi connectivity index (χ0) is 32.7. The Labute approximate surface area is 303 Å². The average molecular weight is 769 g/mol. The maximum Gasteiger partial charge on any atom is -0.147 e. The molecule has 2 unspecified atom stereocenters. The molecule has 2 aliphatic rings. The van der Waals surface area contributed by atoms with Crippen LogP contribution in [-0.4, -0.2) is 6.88 Å². The van der Waals surface area contributed by atoms with Crippen molar-refractivity contribution in [3.8, 4) is 22.3 Å². The second-order valence-electron chi connectivity index (χ2n) is 15.8. The van der Waals surface area contributed by atoms with Crippen molar-refractivity contribution in [2.75, 3.05) is 0 Å². The van der Waals surface area contributed by atoms with Crippen molar-refractivity contribution >= 4 is 54.6 Å². The van der Waals surface area contributed by atoms with Gasteiger partial charge in [-0.15, -0.1) is 24.8 Å². The number of fused-ring (bicyclic) bond motifs is 3. The van der Waals surface area contributed by atoms with Crippen LogP contribution in [0.15, 0.2) is 96.1 Å². The minimum absolute atomic E-state index is 0. The van der Waals surface area contributed by atoms with Crippen molar-refractivity contribution in [3.05, 3.63) is 141 Å². The molecule has 0 amide bonds. The maximum atomic E-state index is 2.78. The molecular formula is C44H50Cl2SiZr. The molecule has 7 rings (SSSR count). The second kappa shape index (κ2) is 13.0. The summed E-state index contributed by atoms with van der Waals surface area (Å²) in [4.78, 5) is 0. The van der Waals surface area contributed by atoms with E-state index in [0.29, 0.717) is 13.2 Å². The first-order chi connectivity index (χ1) is 21.8. The van der Waals surface area contributed by atoms with Crippen LogP contribution in [0.5, 0.6) is 0 Å². The van der Waals surface area contributed by atoms with E-state index in [1.54, 1.807) is 22.3 Å². The molecule has 248 valence electrons. The Balaban J connectivity index is 0.00000225. The fourth-order valence-electron chi connectivity index (χ4n) is 9.37. The van der Waals surface area contributed by atoms with Crippen LogP contribution in [0, 0.1) is 33.6 Å². The predicted molar refractivity (Wildman–Crippen MR) is 217 cm³/mol. The summed E-state index contributed by atoms with van der Waals surface area (Å²) in [6.07, 6.45) is 5.19. The van der Waals surface area contributed by atoms with Gasteiger partial charge >= 0.3 is 281 Å². The van der Waals surface area contributed by atoms with Gasteiger partial charge < -0.3 is 0 Å². The van der Waals surface area contributed by atoms with Crippen molar-refractivity contribution < 1.29 is 17.4 Å². The summed E-state index contributed by atoms with van der Waals surface area (Å²) in [6.45, 7) is 18.9. The molecular weight excluding hydrogens is 719 g/mol. The van der Waals surface area contributed by atoms with Gasteiger partial charge in [0.05, 0.1) is 0 Å². The smallest absolute Gasteiger partial charge is 0.147 e. The van der Waals surface area contributed by atoms with Crippen LogP contribution in [0.2, 0.25) is 9.26 Å². The minimum Gasteiger partial charge on any atom is -0.147 e. The van der Waals surface area contributed by atoms with Crippen molar-refractivity contribution in [3.63, 3.8) is 0 Å². The molecule has 0 radical (unpaired) electrons. The molecule has 0 aromatic heterocycles. The van der Waals surface area contributed by atoms with Gasteiger partial charge in [-0.25, -0.2) is 0 Å². The van der Waals surface area contributed by atoms with Crippen LogP contribution in [0.3, 0.4) is 0 Å². The first-order valence-electron chi connectivity index (χ1n) is 17.1. The molecule has 0 fully saturated rings. The van der Waals surface area contributed by atoms with E-state index in [1.165, 1.54) is 66.4 Å². The topological polar surface area (TPSA) is 0 Å². The minimum atomic E-state index is -3.74. The molecule has 2 aliphatic carbocycles. The van der Waals surface area contributed by atoms with Crippen LogP contribution in [0.1, 0.15) is 72.5 Å². The molecule has 0 heterocycles. The largest absolute Gasteiger partial charge is 0.147 e. The molecule has 5 aromatic rings. The van der Waals surface area contributed by atoms with Crippen molar-refractivity contribution in [2.24, 2.45) is 5.92 Å². The third-order valence-electron chi connectivity index (χ3n) is 11.7. The van der Waals surface area contributed by atoms with E-state index >= 15 is 0 Å². The van der Waals surface area contributed by atoms with Gasteiger partial charge in [0.2, 0.25) is 0 Å². The average Bonchev–Trinajstić information content (AvgIpc) is 3.61. The molecule has 4 heteroatoms. The first kappa shape index (κ1) is 36.8. The molecule has 0 spiro atoms. The Morgan fingerprint density at radius 2 is 1.19 bits per heavy atom. The van der Waals surface area contributed by atoms with Crippen molar-refractivity contribution in [1.29, 1.82) is 0 Å². The van der Waals surface area contributed by atoms with E-state index in [2.05, 4.69) is 162 Å². The predicted octanol–water partition coefficient (Wildman–Crippen LogP) is 12.8. The van der Waals surface area contributed by atoms with Crippen LogP contribution in [0.4, 0.5) is 0 Å². The Bertz CT molecular complexity index is 2220. The van der Waals surface area contributed by atoms with Crippen LogP contribution in [-0.2, 0) is 17.4 Å². The zero-order valence-corrected chi connectivity index (χ0v) is 35.5. The number of rotatable bonds is 5. The van der Waals surface area contributed by atoms with Gasteiger partial charge in [-0.2, -0.15) is 0 Å². The molecule has 0 nitrogen and oxygen atoms in total. The number of aryl methyl sites for hydroxylation is 2. The summed E-state index contributed by atoms with van der Waals surface area (Å²) < 4.78 is 6.56. The summed E-state index contributed by atoms with van der Waals surface area (Å²) in [7, 11) is 0. The van der Waals surface area contributed by atoms with Gasteiger partial charge in [-0.1, -0.05) is 0 Å². The first-order valence-corrected chi connectivity index (χ1v) is 30.7. The van der Waals surface area contributed by atoms with Gasteiger partial charge in [0.25, 0.3) is 0 Å². The summed E-state index contributed by atoms with van der Waals surface area (Å²) in [5.74, 6) is 0.497. The van der Waals surface area contributed by atoms with E-state index in [0.717, 1.165) is 0 Å². The van der Waals surface area contributed by atoms with E-state index < -0.39 is 17.4 Å². The van der Waals surface area contributed by atoms with Crippen molar-refractivity contribution in [2.45, 2.75) is 65.0 Å². The molecule has 48 heavy (non-hydrogen) atoms. The number of allylic oxidation sites excluding steroid dienone is 2. The van der Waals surface area contributed by atoms with Crippen LogP contribution in [0.25, 0.3) is 45.2 Å². The van der Waals surface area contributed by atoms with Gasteiger partial charge in [0.1, 0.15) is 0 Å². The summed E-state index contributed by atoms with van der Waals surface area (Å²) in [6, 6.07) is 32.3. The Morgan fingerprint density at radius 1 is 0.583 bits per heavy atom. The molecule has 0 bridgehead atoms. The monoisotopic (exact) mass is 766 g/mol. The molecule has 5 aromatic carbocycles. The Hall–Kier alpha value is -2.48. The normalized spacial score (nSPS) is 17.0. The third kappa shape index (κ3) is 5.60. The summed E-state index contributed by atoms with van der Waals surface area (Å²) >= 11 is -3.74. The number of halogens is 2. The van der Waals surface area contributed by atoms with E-state index in [-0.39, 0.29) is 24.8 Å². The molecule has 0 aliphatic heterocycles. The fourth-order valence-corrected chi connectivity index (χ4v) is 30.0. The van der Waals surface area contributed by atoms with E-state index in [1.807, 2.05) is 0 Å². The quantitative estimate of drug-likeness (QED) is 0.156. The number of hydrogen-bond acceptors (Lipinski definition) is 0. The van der Waals surface area contributed by atoms with E-state index in [9.17, 15) is 0 Å². The Kier molecular flexibility index (Phi) is 9.97. The fraction of sp³-hybridized carbons (Fsp3) is 0.273.